The Morgan fingerprint density at radius 2 is 1.90 bits per heavy atom. The van der Waals surface area contributed by atoms with Crippen LogP contribution in [0, 0.1) is 15.9 Å². The van der Waals surface area contributed by atoms with E-state index in [0.717, 1.165) is 17.7 Å². The molecule has 2 nitrogen and oxygen atoms in total. The van der Waals surface area contributed by atoms with E-state index < -0.39 is 0 Å². The molecule has 0 atom stereocenters. The van der Waals surface area contributed by atoms with E-state index in [1.54, 1.807) is 0 Å². The predicted molar refractivity (Wildman–Crippen MR) is 89.7 cm³/mol. The van der Waals surface area contributed by atoms with E-state index in [1.165, 1.54) is 15.0 Å². The summed E-state index contributed by atoms with van der Waals surface area (Å²) in [6.45, 7) is 6.44. The van der Waals surface area contributed by atoms with Crippen LogP contribution < -0.4 is 0 Å². The van der Waals surface area contributed by atoms with Crippen molar-refractivity contribution >= 4 is 28.4 Å². The SMILES string of the molecule is Cc1cc2c(n1-c1ccccc1I)CC(C)(C)CC2=O. The minimum absolute atomic E-state index is 0.0485. The minimum Gasteiger partial charge on any atom is -0.316 e. The summed E-state index contributed by atoms with van der Waals surface area (Å²) in [6, 6.07) is 10.4. The molecule has 20 heavy (non-hydrogen) atoms. The number of Topliss-reactive ketones (excluding diaryl/α,β-unsaturated/α-hetero) is 1. The van der Waals surface area contributed by atoms with Crippen molar-refractivity contribution in [3.8, 4) is 5.69 Å². The van der Waals surface area contributed by atoms with E-state index in [2.05, 4.69) is 72.2 Å². The Hall–Kier alpha value is -1.10. The molecule has 104 valence electrons. The fraction of sp³-hybridized carbons (Fsp3) is 0.353. The van der Waals surface area contributed by atoms with Gasteiger partial charge in [0.05, 0.1) is 5.69 Å². The molecule has 1 aliphatic rings. The van der Waals surface area contributed by atoms with Gasteiger partial charge in [0, 0.05) is 26.9 Å². The normalized spacial score (nSPS) is 17.1. The number of rotatable bonds is 1. The van der Waals surface area contributed by atoms with Gasteiger partial charge in [0.25, 0.3) is 0 Å². The highest BCUT2D eigenvalue weighted by atomic mass is 127. The van der Waals surface area contributed by atoms with Gasteiger partial charge >= 0.3 is 0 Å². The van der Waals surface area contributed by atoms with Crippen molar-refractivity contribution in [2.24, 2.45) is 5.41 Å². The number of aromatic nitrogens is 1. The van der Waals surface area contributed by atoms with Gasteiger partial charge in [-0.05, 0) is 59.5 Å². The fourth-order valence-corrected chi connectivity index (χ4v) is 3.75. The zero-order chi connectivity index (χ0) is 14.5. The molecule has 0 amide bonds. The molecule has 0 saturated heterocycles. The zero-order valence-electron chi connectivity index (χ0n) is 12.0. The van der Waals surface area contributed by atoms with E-state index in [0.29, 0.717) is 6.42 Å². The minimum atomic E-state index is 0.0485. The molecule has 0 spiro atoms. The monoisotopic (exact) mass is 379 g/mol. The Morgan fingerprint density at radius 3 is 2.60 bits per heavy atom. The first-order valence-corrected chi connectivity index (χ1v) is 7.96. The quantitative estimate of drug-likeness (QED) is 0.667. The smallest absolute Gasteiger partial charge is 0.165 e. The summed E-state index contributed by atoms with van der Waals surface area (Å²) in [5.74, 6) is 0.282. The lowest BCUT2D eigenvalue weighted by atomic mass is 9.76. The third-order valence-corrected chi connectivity index (χ3v) is 4.88. The van der Waals surface area contributed by atoms with Crippen molar-refractivity contribution in [2.45, 2.75) is 33.6 Å². The van der Waals surface area contributed by atoms with Crippen LogP contribution in [0.25, 0.3) is 5.69 Å². The van der Waals surface area contributed by atoms with Crippen molar-refractivity contribution in [1.29, 1.82) is 0 Å². The third-order valence-electron chi connectivity index (χ3n) is 3.97. The first kappa shape index (κ1) is 13.9. The first-order chi connectivity index (χ1) is 9.39. The molecule has 2 aromatic rings. The summed E-state index contributed by atoms with van der Waals surface area (Å²) in [5, 5.41) is 0. The molecule has 3 rings (SSSR count). The van der Waals surface area contributed by atoms with E-state index in [9.17, 15) is 4.79 Å². The van der Waals surface area contributed by atoms with E-state index in [1.807, 2.05) is 6.07 Å². The van der Waals surface area contributed by atoms with Gasteiger partial charge in [-0.15, -0.1) is 0 Å². The molecule has 1 heterocycles. The summed E-state index contributed by atoms with van der Waals surface area (Å²) >= 11 is 2.36. The number of para-hydroxylation sites is 1. The number of nitrogens with zero attached hydrogens (tertiary/aromatic N) is 1. The second kappa shape index (κ2) is 4.72. The Bertz CT molecular complexity index is 697. The Kier molecular flexibility index (Phi) is 3.27. The number of halogens is 1. The number of carbonyl (C=O) groups excluding carboxylic acids is 1. The van der Waals surface area contributed by atoms with Gasteiger partial charge in [-0.3, -0.25) is 4.79 Å². The van der Waals surface area contributed by atoms with Crippen LogP contribution in [-0.2, 0) is 6.42 Å². The Balaban J connectivity index is 2.24. The van der Waals surface area contributed by atoms with Crippen molar-refractivity contribution < 1.29 is 4.79 Å². The number of benzene rings is 1. The lowest BCUT2D eigenvalue weighted by Crippen LogP contribution is -2.27. The maximum atomic E-state index is 12.4. The molecular formula is C17H18INO. The van der Waals surface area contributed by atoms with Crippen LogP contribution in [0.15, 0.2) is 30.3 Å². The van der Waals surface area contributed by atoms with Crippen LogP contribution in [-0.4, -0.2) is 10.4 Å². The second-order valence-corrected chi connectivity index (χ2v) is 7.54. The summed E-state index contributed by atoms with van der Waals surface area (Å²) in [7, 11) is 0. The van der Waals surface area contributed by atoms with Gasteiger partial charge < -0.3 is 4.57 Å². The van der Waals surface area contributed by atoms with Gasteiger partial charge in [0.1, 0.15) is 0 Å². The van der Waals surface area contributed by atoms with Crippen LogP contribution in [0.4, 0.5) is 0 Å². The molecule has 1 aromatic heterocycles. The number of hydrogen-bond acceptors (Lipinski definition) is 1. The zero-order valence-corrected chi connectivity index (χ0v) is 14.2. The summed E-state index contributed by atoms with van der Waals surface area (Å²) < 4.78 is 3.47. The van der Waals surface area contributed by atoms with Gasteiger partial charge in [-0.25, -0.2) is 0 Å². The van der Waals surface area contributed by atoms with E-state index in [4.69, 9.17) is 0 Å². The molecule has 0 fully saturated rings. The number of aryl methyl sites for hydroxylation is 1. The van der Waals surface area contributed by atoms with Gasteiger partial charge in [0.2, 0.25) is 0 Å². The maximum absolute atomic E-state index is 12.4. The standard InChI is InChI=1S/C17H18INO/c1-11-8-12-15(9-17(2,3)10-16(12)20)19(11)14-7-5-4-6-13(14)18/h4-8H,9-10H2,1-3H3. The molecule has 0 aliphatic heterocycles. The average Bonchev–Trinajstić information content (AvgIpc) is 2.66. The molecule has 1 aromatic carbocycles. The maximum Gasteiger partial charge on any atom is 0.165 e. The van der Waals surface area contributed by atoms with Crippen LogP contribution in [0.3, 0.4) is 0 Å². The van der Waals surface area contributed by atoms with Crippen LogP contribution in [0.1, 0.15) is 42.0 Å². The molecule has 0 saturated carbocycles. The molecule has 0 unspecified atom stereocenters. The van der Waals surface area contributed by atoms with Crippen molar-refractivity contribution in [3.63, 3.8) is 0 Å². The van der Waals surface area contributed by atoms with Gasteiger partial charge in [-0.2, -0.15) is 0 Å². The Labute approximate surface area is 133 Å². The average molecular weight is 379 g/mol. The van der Waals surface area contributed by atoms with Crippen LogP contribution in [0.2, 0.25) is 0 Å². The largest absolute Gasteiger partial charge is 0.316 e. The van der Waals surface area contributed by atoms with Crippen molar-refractivity contribution in [1.82, 2.24) is 4.57 Å². The third kappa shape index (κ3) is 2.22. The van der Waals surface area contributed by atoms with Crippen molar-refractivity contribution in [2.75, 3.05) is 0 Å². The van der Waals surface area contributed by atoms with Crippen molar-refractivity contribution in [3.05, 3.63) is 50.9 Å². The summed E-state index contributed by atoms with van der Waals surface area (Å²) in [5.41, 5.74) is 4.46. The van der Waals surface area contributed by atoms with E-state index in [-0.39, 0.29) is 11.2 Å². The van der Waals surface area contributed by atoms with Crippen LogP contribution >= 0.6 is 22.6 Å². The summed E-state index contributed by atoms with van der Waals surface area (Å²) in [4.78, 5) is 12.4. The lowest BCUT2D eigenvalue weighted by molar-refractivity contribution is 0.0911. The highest BCUT2D eigenvalue weighted by molar-refractivity contribution is 14.1. The van der Waals surface area contributed by atoms with Gasteiger partial charge in [-0.1, -0.05) is 26.0 Å². The number of hydrogen-bond donors (Lipinski definition) is 0. The molecule has 0 radical (unpaired) electrons. The first-order valence-electron chi connectivity index (χ1n) is 6.88. The Morgan fingerprint density at radius 1 is 1.20 bits per heavy atom. The lowest BCUT2D eigenvalue weighted by Gasteiger charge is -2.30. The number of carbonyl (C=O) groups is 1. The van der Waals surface area contributed by atoms with E-state index >= 15 is 0 Å². The number of fused-ring (bicyclic) bond motifs is 1. The highest BCUT2D eigenvalue weighted by Gasteiger charge is 2.34. The van der Waals surface area contributed by atoms with Crippen LogP contribution in [0.5, 0.6) is 0 Å². The summed E-state index contributed by atoms with van der Waals surface area (Å²) in [6.07, 6.45) is 1.60. The molecule has 0 N–H and O–H groups in total. The molecule has 0 bridgehead atoms. The fourth-order valence-electron chi connectivity index (χ4n) is 3.12. The molecule has 1 aliphatic carbocycles. The number of ketones is 1. The predicted octanol–water partition coefficient (Wildman–Crippen LogP) is 4.55. The van der Waals surface area contributed by atoms with Gasteiger partial charge in [0.15, 0.2) is 5.78 Å². The molecular weight excluding hydrogens is 361 g/mol. The molecule has 3 heteroatoms. The topological polar surface area (TPSA) is 22.0 Å². The second-order valence-electron chi connectivity index (χ2n) is 6.37. The highest BCUT2D eigenvalue weighted by Crippen LogP contribution is 2.38.